The maximum Gasteiger partial charge on any atom is 0.249 e. The van der Waals surface area contributed by atoms with Gasteiger partial charge in [-0.05, 0) is 37.2 Å². The van der Waals surface area contributed by atoms with Crippen LogP contribution >= 0.6 is 23.7 Å². The highest BCUT2D eigenvalue weighted by Crippen LogP contribution is 2.21. The number of halogens is 1. The molecule has 2 rings (SSSR count). The highest BCUT2D eigenvalue weighted by Gasteiger charge is 2.14. The predicted molar refractivity (Wildman–Crippen MR) is 98.8 cm³/mol. The van der Waals surface area contributed by atoms with Crippen molar-refractivity contribution in [2.75, 3.05) is 12.8 Å². The third-order valence-electron chi connectivity index (χ3n) is 3.31. The van der Waals surface area contributed by atoms with Gasteiger partial charge in [-0.15, -0.1) is 23.7 Å². The lowest BCUT2D eigenvalue weighted by molar-refractivity contribution is -0.121. The number of carbonyl (C=O) groups excluding carboxylic acids is 1. The summed E-state index contributed by atoms with van der Waals surface area (Å²) in [5.41, 5.74) is 7.46. The van der Waals surface area contributed by atoms with Crippen molar-refractivity contribution in [2.45, 2.75) is 23.6 Å². The second kappa shape index (κ2) is 9.03. The molecule has 9 heteroatoms. The summed E-state index contributed by atoms with van der Waals surface area (Å²) in [6.07, 6.45) is 0.906. The second-order valence-electron chi connectivity index (χ2n) is 4.90. The van der Waals surface area contributed by atoms with Crippen LogP contribution in [0.25, 0.3) is 0 Å². The average Bonchev–Trinajstić information content (AvgIpc) is 3.02. The quantitative estimate of drug-likeness (QED) is 0.629. The van der Waals surface area contributed by atoms with Crippen molar-refractivity contribution >= 4 is 45.4 Å². The molecule has 0 spiro atoms. The molecule has 6 nitrogen and oxygen atoms in total. The van der Waals surface area contributed by atoms with Crippen LogP contribution < -0.4 is 15.8 Å². The molecule has 0 radical (unpaired) electrons. The van der Waals surface area contributed by atoms with Gasteiger partial charge in [0, 0.05) is 17.0 Å². The molecule has 0 unspecified atom stereocenters. The van der Waals surface area contributed by atoms with Crippen LogP contribution in [0.5, 0.6) is 0 Å². The first-order valence-corrected chi connectivity index (χ1v) is 9.34. The minimum atomic E-state index is -3.43. The molecule has 1 heterocycles. The largest absolute Gasteiger partial charge is 0.399 e. The summed E-state index contributed by atoms with van der Waals surface area (Å²) >= 11 is 1.14. The number of anilines is 1. The molecule has 4 N–H and O–H groups in total. The summed E-state index contributed by atoms with van der Waals surface area (Å²) < 4.78 is 25.8. The van der Waals surface area contributed by atoms with Crippen molar-refractivity contribution < 1.29 is 13.2 Å². The van der Waals surface area contributed by atoms with Gasteiger partial charge in [0.05, 0.1) is 6.54 Å². The molecule has 132 valence electrons. The van der Waals surface area contributed by atoms with Crippen LogP contribution in [0.2, 0.25) is 0 Å². The van der Waals surface area contributed by atoms with E-state index >= 15 is 0 Å². The number of carbonyl (C=O) groups is 1. The van der Waals surface area contributed by atoms with Gasteiger partial charge in [-0.2, -0.15) is 0 Å². The Labute approximate surface area is 151 Å². The molecule has 0 aliphatic carbocycles. The zero-order valence-corrected chi connectivity index (χ0v) is 15.6. The Hall–Kier alpha value is -1.61. The monoisotopic (exact) mass is 389 g/mol. The zero-order chi connectivity index (χ0) is 16.9. The summed E-state index contributed by atoms with van der Waals surface area (Å²) in [6, 6.07) is 10.7. The van der Waals surface area contributed by atoms with Gasteiger partial charge < -0.3 is 11.1 Å². The van der Waals surface area contributed by atoms with E-state index in [9.17, 15) is 13.2 Å². The number of amides is 1. The van der Waals surface area contributed by atoms with Crippen molar-refractivity contribution in [1.82, 2.24) is 10.0 Å². The number of nitrogens with two attached hydrogens (primary N) is 1. The van der Waals surface area contributed by atoms with E-state index in [-0.39, 0.29) is 22.5 Å². The minimum absolute atomic E-state index is 0. The van der Waals surface area contributed by atoms with E-state index in [0.717, 1.165) is 21.8 Å². The summed E-state index contributed by atoms with van der Waals surface area (Å²) in [5, 5.41) is 2.79. The first-order valence-electron chi connectivity index (χ1n) is 7.04. The van der Waals surface area contributed by atoms with Gasteiger partial charge in [0.1, 0.15) is 4.21 Å². The van der Waals surface area contributed by atoms with Gasteiger partial charge in [0.25, 0.3) is 0 Å². The Morgan fingerprint density at radius 2 is 1.92 bits per heavy atom. The van der Waals surface area contributed by atoms with E-state index < -0.39 is 10.0 Å². The van der Waals surface area contributed by atoms with Crippen LogP contribution in [0.4, 0.5) is 5.69 Å². The number of sulfonamides is 1. The number of para-hydroxylation sites is 1. The van der Waals surface area contributed by atoms with E-state index in [2.05, 4.69) is 10.0 Å². The number of nitrogen functional groups attached to an aromatic ring is 1. The molecule has 0 fully saturated rings. The predicted octanol–water partition coefficient (Wildman–Crippen LogP) is 1.91. The molecular weight excluding hydrogens is 370 g/mol. The number of hydrogen-bond donors (Lipinski definition) is 3. The number of thiophene rings is 1. The number of benzene rings is 1. The first-order chi connectivity index (χ1) is 10.9. The normalized spacial score (nSPS) is 10.9. The maximum atomic E-state index is 11.9. The van der Waals surface area contributed by atoms with Crippen molar-refractivity contribution in [1.29, 1.82) is 0 Å². The molecule has 0 atom stereocenters. The molecule has 1 amide bonds. The number of nitrogens with one attached hydrogen (secondary N) is 2. The van der Waals surface area contributed by atoms with Crippen LogP contribution in [-0.4, -0.2) is 21.4 Å². The molecule has 1 aromatic heterocycles. The number of aryl methyl sites for hydroxylation is 1. The van der Waals surface area contributed by atoms with Crippen molar-refractivity contribution in [2.24, 2.45) is 0 Å². The molecular formula is C15H20ClN3O3S2. The van der Waals surface area contributed by atoms with Gasteiger partial charge in [-0.25, -0.2) is 13.1 Å². The number of rotatable bonds is 7. The van der Waals surface area contributed by atoms with Gasteiger partial charge in [0.15, 0.2) is 0 Å². The summed E-state index contributed by atoms with van der Waals surface area (Å²) in [7, 11) is -2.06. The molecule has 0 aliphatic heterocycles. The van der Waals surface area contributed by atoms with Gasteiger partial charge >= 0.3 is 0 Å². The van der Waals surface area contributed by atoms with Crippen LogP contribution in [0, 0.1) is 0 Å². The molecule has 0 saturated heterocycles. The van der Waals surface area contributed by atoms with Crippen molar-refractivity contribution in [3.8, 4) is 0 Å². The Morgan fingerprint density at radius 3 is 2.58 bits per heavy atom. The van der Waals surface area contributed by atoms with E-state index in [4.69, 9.17) is 5.73 Å². The molecule has 0 bridgehead atoms. The van der Waals surface area contributed by atoms with Crippen molar-refractivity contribution in [3.05, 3.63) is 46.8 Å². The third-order valence-corrected chi connectivity index (χ3v) is 6.30. The van der Waals surface area contributed by atoms with Crippen LogP contribution in [0.1, 0.15) is 16.9 Å². The van der Waals surface area contributed by atoms with Crippen LogP contribution in [0.15, 0.2) is 40.6 Å². The van der Waals surface area contributed by atoms with Crippen LogP contribution in [-0.2, 0) is 27.8 Å². The van der Waals surface area contributed by atoms with Crippen molar-refractivity contribution in [3.63, 3.8) is 0 Å². The van der Waals surface area contributed by atoms with E-state index in [1.807, 2.05) is 24.3 Å². The molecule has 0 saturated carbocycles. The van der Waals surface area contributed by atoms with Gasteiger partial charge in [0.2, 0.25) is 15.9 Å². The molecule has 1 aromatic carbocycles. The highest BCUT2D eigenvalue weighted by molar-refractivity contribution is 7.91. The molecule has 2 aromatic rings. The highest BCUT2D eigenvalue weighted by atomic mass is 35.5. The summed E-state index contributed by atoms with van der Waals surface area (Å²) in [4.78, 5) is 12.7. The van der Waals surface area contributed by atoms with E-state index in [0.29, 0.717) is 25.1 Å². The Balaban J connectivity index is 0.00000288. The lowest BCUT2D eigenvalue weighted by Crippen LogP contribution is -2.22. The fraction of sp³-hybridized carbons (Fsp3) is 0.267. The number of hydrogen-bond acceptors (Lipinski definition) is 5. The summed E-state index contributed by atoms with van der Waals surface area (Å²) in [6.45, 7) is 0.313. The van der Waals surface area contributed by atoms with Gasteiger partial charge in [-0.3, -0.25) is 4.79 Å². The van der Waals surface area contributed by atoms with Crippen LogP contribution in [0.3, 0.4) is 0 Å². The SMILES string of the molecule is CNS(=O)(=O)c1ccc(CNC(=O)CCc2ccccc2N)s1.Cl. The third kappa shape index (κ3) is 5.48. The fourth-order valence-corrected chi connectivity index (χ4v) is 4.12. The fourth-order valence-electron chi connectivity index (χ4n) is 1.98. The smallest absolute Gasteiger partial charge is 0.249 e. The topological polar surface area (TPSA) is 101 Å². The van der Waals surface area contributed by atoms with E-state index in [1.54, 1.807) is 6.07 Å². The van der Waals surface area contributed by atoms with Gasteiger partial charge in [-0.1, -0.05) is 18.2 Å². The molecule has 24 heavy (non-hydrogen) atoms. The summed E-state index contributed by atoms with van der Waals surface area (Å²) in [5.74, 6) is -0.0975. The second-order valence-corrected chi connectivity index (χ2v) is 8.19. The maximum absolute atomic E-state index is 11.9. The Bertz CT molecular complexity index is 791. The molecule has 0 aliphatic rings. The first kappa shape index (κ1) is 20.4. The Kier molecular flexibility index (Phi) is 7.68. The van der Waals surface area contributed by atoms with E-state index in [1.165, 1.54) is 13.1 Å². The average molecular weight is 390 g/mol. The standard InChI is InChI=1S/C15H19N3O3S2.ClH/c1-17-23(20,21)15-9-7-12(22-15)10-18-14(19)8-6-11-4-2-3-5-13(11)16;/h2-5,7,9,17H,6,8,10,16H2,1H3,(H,18,19);1H. The Morgan fingerprint density at radius 1 is 1.21 bits per heavy atom. The minimum Gasteiger partial charge on any atom is -0.399 e. The lowest BCUT2D eigenvalue weighted by atomic mass is 10.1. The lowest BCUT2D eigenvalue weighted by Gasteiger charge is -2.06. The zero-order valence-electron chi connectivity index (χ0n) is 13.1.